The van der Waals surface area contributed by atoms with Crippen LogP contribution in [0.3, 0.4) is 0 Å². The van der Waals surface area contributed by atoms with E-state index >= 15 is 0 Å². The molecule has 2 fully saturated rings. The number of hydrogen-bond acceptors (Lipinski definition) is 3. The Morgan fingerprint density at radius 2 is 1.58 bits per heavy atom. The van der Waals surface area contributed by atoms with Gasteiger partial charge >= 0.3 is 0 Å². The van der Waals surface area contributed by atoms with Crippen LogP contribution in [0, 0.1) is 26.7 Å². The summed E-state index contributed by atoms with van der Waals surface area (Å²) in [7, 11) is -3.67. The average molecular weight is 379 g/mol. The van der Waals surface area contributed by atoms with E-state index in [-0.39, 0.29) is 5.91 Å². The van der Waals surface area contributed by atoms with Crippen LogP contribution < -0.4 is 0 Å². The summed E-state index contributed by atoms with van der Waals surface area (Å²) in [5, 5.41) is 0. The molecule has 2 heterocycles. The van der Waals surface area contributed by atoms with Gasteiger partial charge in [-0.1, -0.05) is 24.6 Å². The molecule has 1 aromatic rings. The third-order valence-electron chi connectivity index (χ3n) is 5.76. The standard InChI is InChI=1S/C20H30N2O3S/c1-14-7-10-21(11-8-14)20(23)18-6-5-9-22(18)26(24,25)19-16(3)12-15(2)13-17(19)4/h12-14,18H,5-11H2,1-4H3/t18-/m0/s1. The summed E-state index contributed by atoms with van der Waals surface area (Å²) in [4.78, 5) is 15.3. The molecule has 1 aromatic carbocycles. The van der Waals surface area contributed by atoms with Crippen molar-refractivity contribution in [3.05, 3.63) is 28.8 Å². The molecule has 0 spiro atoms. The molecule has 0 N–H and O–H groups in total. The van der Waals surface area contributed by atoms with Crippen LogP contribution >= 0.6 is 0 Å². The Morgan fingerprint density at radius 3 is 2.15 bits per heavy atom. The maximum absolute atomic E-state index is 13.4. The lowest BCUT2D eigenvalue weighted by Crippen LogP contribution is -2.49. The summed E-state index contributed by atoms with van der Waals surface area (Å²) in [5.74, 6) is 0.626. The van der Waals surface area contributed by atoms with Gasteiger partial charge in [-0.15, -0.1) is 0 Å². The Balaban J connectivity index is 1.89. The Bertz CT molecular complexity index is 772. The van der Waals surface area contributed by atoms with Gasteiger partial charge < -0.3 is 4.90 Å². The van der Waals surface area contributed by atoms with E-state index in [2.05, 4.69) is 6.92 Å². The third-order valence-corrected chi connectivity index (χ3v) is 7.97. The fourth-order valence-corrected chi connectivity index (χ4v) is 6.47. The second kappa shape index (κ2) is 7.31. The monoisotopic (exact) mass is 378 g/mol. The predicted molar refractivity (Wildman–Crippen MR) is 103 cm³/mol. The van der Waals surface area contributed by atoms with Crippen molar-refractivity contribution in [2.45, 2.75) is 64.3 Å². The fourth-order valence-electron chi connectivity index (χ4n) is 4.41. The topological polar surface area (TPSA) is 57.7 Å². The van der Waals surface area contributed by atoms with Gasteiger partial charge in [-0.3, -0.25) is 4.79 Å². The van der Waals surface area contributed by atoms with Gasteiger partial charge in [0.05, 0.1) is 4.90 Å². The number of amides is 1. The van der Waals surface area contributed by atoms with Crippen LogP contribution in [-0.2, 0) is 14.8 Å². The summed E-state index contributed by atoms with van der Waals surface area (Å²) in [5.41, 5.74) is 2.57. The van der Waals surface area contributed by atoms with Crippen LogP contribution in [0.25, 0.3) is 0 Å². The molecule has 0 aromatic heterocycles. The van der Waals surface area contributed by atoms with Gasteiger partial charge in [-0.2, -0.15) is 4.31 Å². The maximum atomic E-state index is 13.4. The molecule has 144 valence electrons. The quantitative estimate of drug-likeness (QED) is 0.812. The van der Waals surface area contributed by atoms with Crippen molar-refractivity contribution in [3.8, 4) is 0 Å². The van der Waals surface area contributed by atoms with Crippen molar-refractivity contribution in [2.24, 2.45) is 5.92 Å². The first-order chi connectivity index (χ1) is 12.2. The molecule has 2 aliphatic rings. The number of aryl methyl sites for hydroxylation is 3. The van der Waals surface area contributed by atoms with E-state index < -0.39 is 16.1 Å². The van der Waals surface area contributed by atoms with Crippen LogP contribution in [0.2, 0.25) is 0 Å². The minimum atomic E-state index is -3.67. The molecule has 0 radical (unpaired) electrons. The van der Waals surface area contributed by atoms with Crippen LogP contribution in [0.15, 0.2) is 17.0 Å². The molecule has 2 aliphatic heterocycles. The zero-order valence-electron chi connectivity index (χ0n) is 16.3. The number of carbonyl (C=O) groups is 1. The second-order valence-corrected chi connectivity index (χ2v) is 9.84. The molecule has 3 rings (SSSR count). The van der Waals surface area contributed by atoms with Crippen LogP contribution in [0.1, 0.15) is 49.3 Å². The highest BCUT2D eigenvalue weighted by molar-refractivity contribution is 7.89. The molecule has 0 saturated carbocycles. The molecule has 26 heavy (non-hydrogen) atoms. The molecule has 2 saturated heterocycles. The zero-order chi connectivity index (χ0) is 19.1. The highest BCUT2D eigenvalue weighted by Crippen LogP contribution is 2.32. The summed E-state index contributed by atoms with van der Waals surface area (Å²) in [6, 6.07) is 3.26. The summed E-state index contributed by atoms with van der Waals surface area (Å²) in [6.07, 6.45) is 3.36. The first-order valence-corrected chi connectivity index (χ1v) is 11.0. The number of carbonyl (C=O) groups excluding carboxylic acids is 1. The van der Waals surface area contributed by atoms with Crippen molar-refractivity contribution >= 4 is 15.9 Å². The average Bonchev–Trinajstić information content (AvgIpc) is 3.04. The molecule has 5 nitrogen and oxygen atoms in total. The summed E-state index contributed by atoms with van der Waals surface area (Å²) >= 11 is 0. The van der Waals surface area contributed by atoms with Gasteiger partial charge in [-0.25, -0.2) is 8.42 Å². The summed E-state index contributed by atoms with van der Waals surface area (Å²) in [6.45, 7) is 9.76. The normalized spacial score (nSPS) is 22.8. The number of benzene rings is 1. The minimum Gasteiger partial charge on any atom is -0.341 e. The van der Waals surface area contributed by atoms with E-state index in [9.17, 15) is 13.2 Å². The van der Waals surface area contributed by atoms with E-state index in [4.69, 9.17) is 0 Å². The van der Waals surface area contributed by atoms with Gasteiger partial charge in [0.25, 0.3) is 0 Å². The van der Waals surface area contributed by atoms with E-state index in [1.165, 1.54) is 4.31 Å². The number of likely N-dealkylation sites (tertiary alicyclic amines) is 1. The second-order valence-electron chi connectivity index (χ2n) is 8.01. The lowest BCUT2D eigenvalue weighted by molar-refractivity contribution is -0.135. The van der Waals surface area contributed by atoms with Gasteiger partial charge in [0.15, 0.2) is 0 Å². The lowest BCUT2D eigenvalue weighted by Gasteiger charge is -2.34. The first kappa shape index (κ1) is 19.4. The number of rotatable bonds is 3. The van der Waals surface area contributed by atoms with Crippen molar-refractivity contribution < 1.29 is 13.2 Å². The SMILES string of the molecule is Cc1cc(C)c(S(=O)(=O)N2CCC[C@H]2C(=O)N2CCC(C)CC2)c(C)c1. The summed E-state index contributed by atoms with van der Waals surface area (Å²) < 4.78 is 28.2. The van der Waals surface area contributed by atoms with E-state index in [1.807, 2.05) is 37.8 Å². The fraction of sp³-hybridized carbons (Fsp3) is 0.650. The Hall–Kier alpha value is -1.40. The van der Waals surface area contributed by atoms with Crippen molar-refractivity contribution in [3.63, 3.8) is 0 Å². The highest BCUT2D eigenvalue weighted by Gasteiger charge is 2.42. The number of piperidine rings is 1. The van der Waals surface area contributed by atoms with Crippen molar-refractivity contribution in [1.29, 1.82) is 0 Å². The Labute approximate surface area is 157 Å². The smallest absolute Gasteiger partial charge is 0.244 e. The predicted octanol–water partition coefficient (Wildman–Crippen LogP) is 3.02. The number of sulfonamides is 1. The number of hydrogen-bond donors (Lipinski definition) is 0. The van der Waals surface area contributed by atoms with Gasteiger partial charge in [0.1, 0.15) is 6.04 Å². The third kappa shape index (κ3) is 3.54. The van der Waals surface area contributed by atoms with E-state index in [0.29, 0.717) is 23.8 Å². The minimum absolute atomic E-state index is 0.0135. The van der Waals surface area contributed by atoms with Crippen molar-refractivity contribution in [2.75, 3.05) is 19.6 Å². The number of nitrogens with zero attached hydrogens (tertiary/aromatic N) is 2. The molecule has 0 unspecified atom stereocenters. The Kier molecular flexibility index (Phi) is 5.45. The first-order valence-electron chi connectivity index (χ1n) is 9.60. The largest absolute Gasteiger partial charge is 0.341 e. The van der Waals surface area contributed by atoms with Gasteiger partial charge in [0, 0.05) is 19.6 Å². The molecule has 0 bridgehead atoms. The maximum Gasteiger partial charge on any atom is 0.244 e. The van der Waals surface area contributed by atoms with E-state index in [0.717, 1.165) is 49.0 Å². The van der Waals surface area contributed by atoms with Gasteiger partial charge in [0.2, 0.25) is 15.9 Å². The van der Waals surface area contributed by atoms with Crippen LogP contribution in [0.4, 0.5) is 0 Å². The lowest BCUT2D eigenvalue weighted by atomic mass is 9.98. The zero-order valence-corrected chi connectivity index (χ0v) is 17.1. The van der Waals surface area contributed by atoms with Crippen LogP contribution in [0.5, 0.6) is 0 Å². The van der Waals surface area contributed by atoms with Crippen LogP contribution in [-0.4, -0.2) is 49.2 Å². The highest BCUT2D eigenvalue weighted by atomic mass is 32.2. The molecule has 1 atom stereocenters. The molecule has 1 amide bonds. The Morgan fingerprint density at radius 1 is 1.00 bits per heavy atom. The molecule has 0 aliphatic carbocycles. The molecular weight excluding hydrogens is 348 g/mol. The molecular formula is C20H30N2O3S. The van der Waals surface area contributed by atoms with E-state index in [1.54, 1.807) is 0 Å². The molecule has 6 heteroatoms. The van der Waals surface area contributed by atoms with Gasteiger partial charge in [-0.05, 0) is 63.5 Å². The van der Waals surface area contributed by atoms with Crippen molar-refractivity contribution in [1.82, 2.24) is 9.21 Å².